The Hall–Kier alpha value is -1.33. The molecule has 0 aromatic carbocycles. The highest BCUT2D eigenvalue weighted by Crippen LogP contribution is 2.23. The van der Waals surface area contributed by atoms with Crippen molar-refractivity contribution < 1.29 is 4.39 Å². The summed E-state index contributed by atoms with van der Waals surface area (Å²) in [6.07, 6.45) is 2.27. The van der Waals surface area contributed by atoms with E-state index in [9.17, 15) is 4.39 Å². The van der Waals surface area contributed by atoms with Crippen LogP contribution in [0.5, 0.6) is 0 Å². The molecule has 3 nitrogen and oxygen atoms in total. The van der Waals surface area contributed by atoms with Crippen molar-refractivity contribution >= 4 is 11.3 Å². The highest BCUT2D eigenvalue weighted by atomic mass is 32.1. The Morgan fingerprint density at radius 3 is 2.78 bits per heavy atom. The second-order valence-corrected chi connectivity index (χ2v) is 5.45. The van der Waals surface area contributed by atoms with Crippen LogP contribution < -0.4 is 5.32 Å². The molecule has 2 rings (SSSR count). The van der Waals surface area contributed by atoms with Gasteiger partial charge in [0.05, 0.1) is 22.4 Å². The summed E-state index contributed by atoms with van der Waals surface area (Å²) >= 11 is 1.66. The van der Waals surface area contributed by atoms with Crippen molar-refractivity contribution in [1.29, 1.82) is 0 Å². The zero-order valence-corrected chi connectivity index (χ0v) is 11.5. The SMILES string of the molecule is CNC(Cc1nc(C)c(C)s1)c1ncccc1F. The number of hydrogen-bond donors (Lipinski definition) is 1. The number of halogens is 1. The molecule has 0 amide bonds. The maximum absolute atomic E-state index is 13.7. The molecule has 0 spiro atoms. The third-order valence-corrected chi connectivity index (χ3v) is 4.01. The van der Waals surface area contributed by atoms with Crippen molar-refractivity contribution in [3.63, 3.8) is 0 Å². The first-order chi connectivity index (χ1) is 8.61. The lowest BCUT2D eigenvalue weighted by Crippen LogP contribution is -2.21. The normalized spacial score (nSPS) is 12.7. The van der Waals surface area contributed by atoms with Gasteiger partial charge >= 0.3 is 0 Å². The van der Waals surface area contributed by atoms with E-state index in [1.165, 1.54) is 10.9 Å². The van der Waals surface area contributed by atoms with E-state index in [1.807, 2.05) is 20.9 Å². The molecule has 2 aromatic rings. The number of aryl methyl sites for hydroxylation is 2. The highest BCUT2D eigenvalue weighted by Gasteiger charge is 2.17. The molecular weight excluding hydrogens is 249 g/mol. The van der Waals surface area contributed by atoms with Crippen molar-refractivity contribution in [2.24, 2.45) is 0 Å². The number of pyridine rings is 1. The van der Waals surface area contributed by atoms with Crippen LogP contribution in [0.4, 0.5) is 4.39 Å². The van der Waals surface area contributed by atoms with Gasteiger partial charge in [-0.05, 0) is 33.0 Å². The molecule has 2 aromatic heterocycles. The van der Waals surface area contributed by atoms with Gasteiger partial charge in [-0.25, -0.2) is 9.37 Å². The molecule has 1 unspecified atom stereocenters. The molecule has 0 saturated heterocycles. The van der Waals surface area contributed by atoms with Crippen LogP contribution in [0.1, 0.15) is 27.3 Å². The third kappa shape index (κ3) is 2.73. The van der Waals surface area contributed by atoms with Crippen molar-refractivity contribution in [1.82, 2.24) is 15.3 Å². The molecule has 96 valence electrons. The van der Waals surface area contributed by atoms with E-state index >= 15 is 0 Å². The minimum atomic E-state index is -0.276. The zero-order valence-electron chi connectivity index (χ0n) is 10.7. The van der Waals surface area contributed by atoms with Crippen molar-refractivity contribution in [3.8, 4) is 0 Å². The van der Waals surface area contributed by atoms with Crippen LogP contribution in [-0.2, 0) is 6.42 Å². The molecule has 0 bridgehead atoms. The molecule has 0 fully saturated rings. The minimum absolute atomic E-state index is 0.142. The van der Waals surface area contributed by atoms with E-state index in [-0.39, 0.29) is 11.9 Å². The Labute approximate surface area is 110 Å². The molecular formula is C13H16FN3S. The number of likely N-dealkylation sites (N-methyl/N-ethyl adjacent to an activating group) is 1. The summed E-state index contributed by atoms with van der Waals surface area (Å²) in [4.78, 5) is 9.81. The molecule has 0 aliphatic heterocycles. The number of thiazole rings is 1. The lowest BCUT2D eigenvalue weighted by Gasteiger charge is -2.14. The number of hydrogen-bond acceptors (Lipinski definition) is 4. The van der Waals surface area contributed by atoms with Crippen molar-refractivity contribution in [3.05, 3.63) is 45.4 Å². The van der Waals surface area contributed by atoms with E-state index in [2.05, 4.69) is 15.3 Å². The monoisotopic (exact) mass is 265 g/mol. The summed E-state index contributed by atoms with van der Waals surface area (Å²) in [7, 11) is 1.81. The van der Waals surface area contributed by atoms with Gasteiger partial charge in [0.1, 0.15) is 5.82 Å². The standard InChI is InChI=1S/C13H16FN3S/c1-8-9(2)18-12(17-8)7-11(15-3)13-10(14)5-4-6-16-13/h4-6,11,15H,7H2,1-3H3. The van der Waals surface area contributed by atoms with Crippen LogP contribution in [0.3, 0.4) is 0 Å². The first kappa shape index (κ1) is 13.1. The smallest absolute Gasteiger partial charge is 0.146 e. The maximum atomic E-state index is 13.7. The average Bonchev–Trinajstić information content (AvgIpc) is 2.66. The number of aromatic nitrogens is 2. The minimum Gasteiger partial charge on any atom is -0.311 e. The molecule has 2 heterocycles. The Morgan fingerprint density at radius 1 is 1.44 bits per heavy atom. The summed E-state index contributed by atoms with van der Waals surface area (Å²) in [5, 5.41) is 4.11. The van der Waals surface area contributed by atoms with Gasteiger partial charge in [-0.1, -0.05) is 0 Å². The Kier molecular flexibility index (Phi) is 4.04. The molecule has 0 aliphatic carbocycles. The fourth-order valence-electron chi connectivity index (χ4n) is 1.79. The summed E-state index contributed by atoms with van der Waals surface area (Å²) < 4.78 is 13.7. The van der Waals surface area contributed by atoms with E-state index in [1.54, 1.807) is 23.6 Å². The number of nitrogens with zero attached hydrogens (tertiary/aromatic N) is 2. The number of nitrogens with one attached hydrogen (secondary N) is 1. The topological polar surface area (TPSA) is 37.8 Å². The second kappa shape index (κ2) is 5.54. The summed E-state index contributed by atoms with van der Waals surface area (Å²) in [5.41, 5.74) is 1.50. The molecule has 0 saturated carbocycles. The lowest BCUT2D eigenvalue weighted by atomic mass is 10.1. The van der Waals surface area contributed by atoms with Crippen LogP contribution in [0.25, 0.3) is 0 Å². The lowest BCUT2D eigenvalue weighted by molar-refractivity contribution is 0.516. The molecule has 5 heteroatoms. The second-order valence-electron chi connectivity index (χ2n) is 4.17. The molecule has 1 atom stereocenters. The third-order valence-electron chi connectivity index (χ3n) is 2.92. The van der Waals surface area contributed by atoms with Gasteiger partial charge < -0.3 is 5.32 Å². The van der Waals surface area contributed by atoms with Gasteiger partial charge in [0, 0.05) is 17.5 Å². The van der Waals surface area contributed by atoms with E-state index in [0.717, 1.165) is 10.7 Å². The summed E-state index contributed by atoms with van der Waals surface area (Å²) in [6.45, 7) is 4.04. The van der Waals surface area contributed by atoms with Crippen LogP contribution in [-0.4, -0.2) is 17.0 Å². The van der Waals surface area contributed by atoms with E-state index in [4.69, 9.17) is 0 Å². The van der Waals surface area contributed by atoms with Crippen LogP contribution in [0, 0.1) is 19.7 Å². The Bertz CT molecular complexity index is 519. The maximum Gasteiger partial charge on any atom is 0.146 e. The van der Waals surface area contributed by atoms with E-state index in [0.29, 0.717) is 12.1 Å². The first-order valence-corrected chi connectivity index (χ1v) is 6.64. The summed E-state index contributed by atoms with van der Waals surface area (Å²) in [6, 6.07) is 2.89. The first-order valence-electron chi connectivity index (χ1n) is 5.82. The zero-order chi connectivity index (χ0) is 13.1. The quantitative estimate of drug-likeness (QED) is 0.923. The number of rotatable bonds is 4. The van der Waals surface area contributed by atoms with Gasteiger partial charge in [0.15, 0.2) is 0 Å². The van der Waals surface area contributed by atoms with Crippen molar-refractivity contribution in [2.45, 2.75) is 26.3 Å². The fourth-order valence-corrected chi connectivity index (χ4v) is 2.77. The molecule has 0 radical (unpaired) electrons. The van der Waals surface area contributed by atoms with Gasteiger partial charge in [-0.15, -0.1) is 11.3 Å². The average molecular weight is 265 g/mol. The molecule has 0 aliphatic rings. The largest absolute Gasteiger partial charge is 0.311 e. The molecule has 1 N–H and O–H groups in total. The van der Waals surface area contributed by atoms with Gasteiger partial charge in [-0.2, -0.15) is 0 Å². The van der Waals surface area contributed by atoms with E-state index < -0.39 is 0 Å². The van der Waals surface area contributed by atoms with Gasteiger partial charge in [0.25, 0.3) is 0 Å². The van der Waals surface area contributed by atoms with Gasteiger partial charge in [-0.3, -0.25) is 4.98 Å². The Balaban J connectivity index is 2.22. The predicted octanol–water partition coefficient (Wildman–Crippen LogP) is 2.80. The van der Waals surface area contributed by atoms with Crippen LogP contribution >= 0.6 is 11.3 Å². The fraction of sp³-hybridized carbons (Fsp3) is 0.385. The molecule has 18 heavy (non-hydrogen) atoms. The highest BCUT2D eigenvalue weighted by molar-refractivity contribution is 7.11. The van der Waals surface area contributed by atoms with Crippen LogP contribution in [0.15, 0.2) is 18.3 Å². The Morgan fingerprint density at radius 2 is 2.22 bits per heavy atom. The van der Waals surface area contributed by atoms with Crippen LogP contribution in [0.2, 0.25) is 0 Å². The predicted molar refractivity (Wildman–Crippen MR) is 71.3 cm³/mol. The van der Waals surface area contributed by atoms with Crippen molar-refractivity contribution in [2.75, 3.05) is 7.05 Å². The van der Waals surface area contributed by atoms with Gasteiger partial charge in [0.2, 0.25) is 0 Å². The summed E-state index contributed by atoms with van der Waals surface area (Å²) in [5.74, 6) is -0.276.